The molecule has 7 rings (SSSR count). The molecule has 0 bridgehead atoms. The number of thioether (sulfide) groups is 2. The number of carbonyl (C=O) groups excluding carboxylic acids is 8. The molecule has 0 unspecified atom stereocenters. The van der Waals surface area contributed by atoms with Crippen LogP contribution in [0.25, 0.3) is 22.3 Å². The second kappa shape index (κ2) is 41.0. The zero-order valence-electron chi connectivity index (χ0n) is 53.6. The van der Waals surface area contributed by atoms with Crippen LogP contribution in [0.2, 0.25) is 0 Å². The Labute approximate surface area is 608 Å². The molecule has 26 nitrogen and oxygen atoms in total. The molecule has 508 valence electrons. The Morgan fingerprint density at radius 2 is 0.948 bits per heavy atom. The van der Waals surface area contributed by atoms with E-state index in [4.69, 9.17) is 18.9 Å². The Hall–Kier alpha value is -5.68. The number of benzene rings is 5. The van der Waals surface area contributed by atoms with E-state index < -0.39 is 128 Å². The second-order valence-electron chi connectivity index (χ2n) is 22.2. The number of amides is 6. The number of para-hydroxylation sites is 2. The van der Waals surface area contributed by atoms with Gasteiger partial charge in [-0.2, -0.15) is 23.5 Å². The number of aliphatic hydroxyl groups excluding tert-OH is 6. The van der Waals surface area contributed by atoms with Crippen LogP contribution in [0.1, 0.15) is 73.1 Å². The number of nitrogens with one attached hydrogen (secondary N) is 6. The summed E-state index contributed by atoms with van der Waals surface area (Å²) >= 11 is 2.75. The number of ether oxygens (including phenoxy) is 4. The first-order chi connectivity index (χ1) is 44.6. The normalized spacial score (nSPS) is 21.7. The van der Waals surface area contributed by atoms with Crippen molar-refractivity contribution in [1.82, 2.24) is 21.3 Å². The van der Waals surface area contributed by atoms with Crippen LogP contribution in [0.3, 0.4) is 0 Å². The van der Waals surface area contributed by atoms with Crippen LogP contribution in [-0.2, 0) is 47.7 Å². The SMILES string of the molecule is CC(=O)N[C@H]1[C@H]([C@H](O)[C@H](O)CNC(=O)c2ccc(-c3ccccc3)cc2)O[C@]([C-]=O)(OCCCSCCC(=O)Nc2ccccc2NC(=O)CCSCCCO[C@]2(C(=O)[O-])C[C@H](O)[C@@H](NC(C)=O)[C@H]([C@H](O)[C@H](O)CNC(=O)c3ccc(-c4ccccc4)cc3)O2)C[C@@H]1O.[Na+].[Na+].[OH-]. The molecule has 2 heterocycles. The number of carbonyl (C=O) groups is 7. The smallest absolute Gasteiger partial charge is 0.870 e. The van der Waals surface area contributed by atoms with Crippen molar-refractivity contribution in [3.05, 3.63) is 145 Å². The minimum Gasteiger partial charge on any atom is -0.870 e. The maximum Gasteiger partial charge on any atom is 1.00 e. The Morgan fingerprint density at radius 1 is 0.562 bits per heavy atom. The molecule has 5 aromatic rings. The van der Waals surface area contributed by atoms with Crippen molar-refractivity contribution >= 4 is 82.6 Å². The quantitative estimate of drug-likeness (QED) is 0.0105. The number of aliphatic carboxylic acids is 1. The number of carboxylic acid groups (broad SMARTS) is 1. The Kier molecular flexibility index (Phi) is 35.4. The number of hydrogen-bond donors (Lipinski definition) is 12. The summed E-state index contributed by atoms with van der Waals surface area (Å²) in [5.41, 5.74) is 4.89. The number of anilines is 2. The van der Waals surface area contributed by atoms with Gasteiger partial charge in [0.2, 0.25) is 29.4 Å². The van der Waals surface area contributed by atoms with E-state index in [0.717, 1.165) is 29.2 Å². The third kappa shape index (κ3) is 24.3. The van der Waals surface area contributed by atoms with E-state index in [-0.39, 0.29) is 120 Å². The van der Waals surface area contributed by atoms with Gasteiger partial charge in [0, 0.05) is 81.9 Å². The summed E-state index contributed by atoms with van der Waals surface area (Å²) in [4.78, 5) is 101. The van der Waals surface area contributed by atoms with Gasteiger partial charge in [-0.25, -0.2) is 6.29 Å². The van der Waals surface area contributed by atoms with Gasteiger partial charge in [-0.3, -0.25) is 28.8 Å². The number of carboxylic acids is 1. The van der Waals surface area contributed by atoms with Crippen LogP contribution >= 0.6 is 23.5 Å². The van der Waals surface area contributed by atoms with E-state index in [1.807, 2.05) is 60.7 Å². The molecule has 0 aromatic heterocycles. The van der Waals surface area contributed by atoms with Crippen LogP contribution in [0.4, 0.5) is 11.4 Å². The number of aliphatic hydroxyl groups is 6. The summed E-state index contributed by atoms with van der Waals surface area (Å²) < 4.78 is 23.2. The maximum atomic E-state index is 13.1. The maximum absolute atomic E-state index is 13.1. The van der Waals surface area contributed by atoms with Gasteiger partial charge in [0.05, 0.1) is 60.3 Å². The fraction of sp³-hybridized carbons (Fsp3) is 0.424. The van der Waals surface area contributed by atoms with Gasteiger partial charge in [-0.05, 0) is 83.0 Å². The largest absolute Gasteiger partial charge is 1.00 e. The molecule has 12 atom stereocenters. The average molecular weight is 1390 g/mol. The van der Waals surface area contributed by atoms with Crippen molar-refractivity contribution in [3.8, 4) is 22.3 Å². The van der Waals surface area contributed by atoms with Crippen molar-refractivity contribution < 1.29 is 158 Å². The first-order valence-electron chi connectivity index (χ1n) is 30.2. The molecule has 0 saturated carbocycles. The van der Waals surface area contributed by atoms with Crippen LogP contribution < -0.4 is 96.1 Å². The molecular formula is C66H79N6Na2O20S2-. The van der Waals surface area contributed by atoms with Crippen LogP contribution in [-0.4, -0.2) is 206 Å². The first-order valence-corrected chi connectivity index (χ1v) is 32.5. The molecule has 30 heteroatoms. The molecular weight excluding hydrogens is 1310 g/mol. The van der Waals surface area contributed by atoms with Gasteiger partial charge in [0.15, 0.2) is 0 Å². The molecule has 2 aliphatic rings. The fourth-order valence-electron chi connectivity index (χ4n) is 10.4. The molecule has 6 amide bonds. The molecule has 96 heavy (non-hydrogen) atoms. The second-order valence-corrected chi connectivity index (χ2v) is 24.7. The molecule has 5 aromatic carbocycles. The van der Waals surface area contributed by atoms with Crippen molar-refractivity contribution in [3.63, 3.8) is 0 Å². The first kappa shape index (κ1) is 82.7. The molecule has 13 N–H and O–H groups in total. The number of hydrogen-bond acceptors (Lipinski definition) is 22. The van der Waals surface area contributed by atoms with Gasteiger partial charge in [-0.1, -0.05) is 97.1 Å². The molecule has 0 radical (unpaired) electrons. The Balaban J connectivity index is 0.00000653. The van der Waals surface area contributed by atoms with Crippen molar-refractivity contribution in [1.29, 1.82) is 0 Å². The molecule has 2 aliphatic heterocycles. The summed E-state index contributed by atoms with van der Waals surface area (Å²) in [6.07, 6.45) is -12.6. The van der Waals surface area contributed by atoms with E-state index in [0.29, 0.717) is 40.8 Å². The zero-order valence-corrected chi connectivity index (χ0v) is 59.3. The van der Waals surface area contributed by atoms with Crippen LogP contribution in [0.5, 0.6) is 0 Å². The molecule has 0 spiro atoms. The van der Waals surface area contributed by atoms with Crippen LogP contribution in [0, 0.1) is 0 Å². The molecule has 0 aliphatic carbocycles. The van der Waals surface area contributed by atoms with Gasteiger partial charge < -0.3 is 102 Å². The third-order valence-corrected chi connectivity index (χ3v) is 17.4. The average Bonchev–Trinajstić information content (AvgIpc) is 0.774. The summed E-state index contributed by atoms with van der Waals surface area (Å²) in [5, 5.41) is 95.2. The zero-order chi connectivity index (χ0) is 67.1. The van der Waals surface area contributed by atoms with E-state index in [1.54, 1.807) is 79.1 Å². The molecule has 2 fully saturated rings. The van der Waals surface area contributed by atoms with Crippen molar-refractivity contribution in [2.75, 3.05) is 59.9 Å². The van der Waals surface area contributed by atoms with Crippen LogP contribution in [0.15, 0.2) is 133 Å². The Bertz CT molecular complexity index is 3300. The van der Waals surface area contributed by atoms with Gasteiger partial charge in [-0.15, -0.1) is 0 Å². The summed E-state index contributed by atoms with van der Waals surface area (Å²) in [7, 11) is 0. The topological polar surface area (TPSA) is 420 Å². The summed E-state index contributed by atoms with van der Waals surface area (Å²) in [6, 6.07) is 36.3. The van der Waals surface area contributed by atoms with E-state index in [2.05, 4.69) is 31.9 Å². The minimum absolute atomic E-state index is 0. The van der Waals surface area contributed by atoms with Gasteiger partial charge >= 0.3 is 59.1 Å². The monoisotopic (exact) mass is 1390 g/mol. The Morgan fingerprint density at radius 3 is 1.35 bits per heavy atom. The summed E-state index contributed by atoms with van der Waals surface area (Å²) in [5.74, 6) is -8.27. The van der Waals surface area contributed by atoms with E-state index in [9.17, 15) is 74.1 Å². The van der Waals surface area contributed by atoms with Gasteiger partial charge in [0.1, 0.15) is 30.4 Å². The van der Waals surface area contributed by atoms with E-state index in [1.165, 1.54) is 30.4 Å². The predicted octanol–water partition coefficient (Wildman–Crippen LogP) is -4.35. The standard InChI is InChI=1S/C66H79N6O19S2.2Na.H2O/c1-40(74)69-56-50(76)35-65(39-73,90-60(56)58(82)52(78)37-67-62(84)46-23-19-44(20-24-46)42-13-5-3-6-14-42)88-29-11-31-92-33-27-54(80)71-48-17-9-10-18-49(48)72-55(81)28-34-93-32-12-30-89-66(64(86)87)36-51(77)57(70-41(2)75)61(91-66)59(83)53(79)38-68-63(85)47-25-21-45(22-26-47)43-15-7-4-8-16-43;;;/h3-10,13-26,50-53,56-61,76-79,82-83H,11-12,27-38H2,1-2H3,(H,67,84)(H,68,85)(H,69,74)(H,70,75)(H,71,80)(H,72,81)(H,86,87);;;1H2/q-1;2*+1;/p-2/t50-,51-,52+,53+,56+,57+,58+,59+,60+,61+,65+,66+;;;/m0.../s1. The summed E-state index contributed by atoms with van der Waals surface area (Å²) in [6.45, 7) is 0.977. The fourth-order valence-corrected chi connectivity index (χ4v) is 12.1. The van der Waals surface area contributed by atoms with E-state index >= 15 is 0 Å². The minimum atomic E-state index is -2.62. The van der Waals surface area contributed by atoms with Crippen molar-refractivity contribution in [2.24, 2.45) is 0 Å². The number of rotatable bonds is 34. The third-order valence-electron chi connectivity index (χ3n) is 15.2. The van der Waals surface area contributed by atoms with Crippen molar-refractivity contribution in [2.45, 2.75) is 125 Å². The van der Waals surface area contributed by atoms with Gasteiger partial charge in [0.25, 0.3) is 11.8 Å². The predicted molar refractivity (Wildman–Crippen MR) is 345 cm³/mol. The molecule has 2 saturated heterocycles.